The third kappa shape index (κ3) is 5.17. The number of para-hydroxylation sites is 1. The first-order valence-electron chi connectivity index (χ1n) is 13.7. The average Bonchev–Trinajstić information content (AvgIpc) is 3.08. The van der Waals surface area contributed by atoms with E-state index >= 15 is 0 Å². The quantitative estimate of drug-likeness (QED) is 0.459. The number of fused-ring (bicyclic) bond motifs is 1. The van der Waals surface area contributed by atoms with Crippen LogP contribution >= 0.6 is 0 Å². The lowest BCUT2D eigenvalue weighted by Gasteiger charge is -2.37. The summed E-state index contributed by atoms with van der Waals surface area (Å²) in [5.41, 5.74) is 1.66. The van der Waals surface area contributed by atoms with Crippen LogP contribution in [0.4, 0.5) is 5.82 Å². The highest BCUT2D eigenvalue weighted by molar-refractivity contribution is 6.07. The van der Waals surface area contributed by atoms with Crippen molar-refractivity contribution in [3.8, 4) is 0 Å². The van der Waals surface area contributed by atoms with Crippen LogP contribution in [0.5, 0.6) is 0 Å². The van der Waals surface area contributed by atoms with Crippen LogP contribution in [-0.2, 0) is 4.79 Å². The molecule has 1 aromatic heterocycles. The van der Waals surface area contributed by atoms with Gasteiger partial charge in [0.25, 0.3) is 5.91 Å². The normalized spacial score (nSPS) is 27.9. The number of amides is 1. The van der Waals surface area contributed by atoms with E-state index in [-0.39, 0.29) is 11.9 Å². The van der Waals surface area contributed by atoms with E-state index in [1.165, 1.54) is 48.0 Å². The maximum atomic E-state index is 13.4. The van der Waals surface area contributed by atoms with Crippen LogP contribution in [0.2, 0.25) is 0 Å². The van der Waals surface area contributed by atoms with Gasteiger partial charge in [-0.3, -0.25) is 15.1 Å². The SMILES string of the molecule is Cc1cccc2ccc(N[C@@H]3CCC[C@H](C[C@]4(CCC5CCCCC5)NC(=N)N(C)C4=O)C3)nc12. The number of aromatic nitrogens is 1. The number of rotatable bonds is 7. The Balaban J connectivity index is 1.27. The minimum Gasteiger partial charge on any atom is -0.367 e. The summed E-state index contributed by atoms with van der Waals surface area (Å²) in [6, 6.07) is 10.9. The minimum absolute atomic E-state index is 0.0973. The van der Waals surface area contributed by atoms with Gasteiger partial charge in [-0.05, 0) is 68.6 Å². The molecule has 2 aliphatic carbocycles. The Bertz CT molecular complexity index is 1080. The van der Waals surface area contributed by atoms with Crippen molar-refractivity contribution < 1.29 is 4.79 Å². The number of anilines is 1. The summed E-state index contributed by atoms with van der Waals surface area (Å²) in [4.78, 5) is 19.9. The van der Waals surface area contributed by atoms with Gasteiger partial charge in [0, 0.05) is 18.5 Å². The largest absolute Gasteiger partial charge is 0.367 e. The molecule has 1 saturated heterocycles. The fraction of sp³-hybridized carbons (Fsp3) is 0.621. The molecule has 188 valence electrons. The zero-order valence-corrected chi connectivity index (χ0v) is 21.4. The molecule has 6 heteroatoms. The number of hydrogen-bond donors (Lipinski definition) is 3. The molecule has 1 aromatic carbocycles. The van der Waals surface area contributed by atoms with Gasteiger partial charge in [-0.1, -0.05) is 63.1 Å². The van der Waals surface area contributed by atoms with Crippen molar-refractivity contribution in [2.24, 2.45) is 11.8 Å². The van der Waals surface area contributed by atoms with Crippen LogP contribution in [-0.4, -0.2) is 40.4 Å². The maximum absolute atomic E-state index is 13.4. The number of pyridine rings is 1. The third-order valence-corrected chi connectivity index (χ3v) is 8.81. The van der Waals surface area contributed by atoms with Crippen molar-refractivity contribution in [3.05, 3.63) is 35.9 Å². The number of guanidine groups is 1. The molecule has 3 fully saturated rings. The van der Waals surface area contributed by atoms with Crippen LogP contribution in [0.15, 0.2) is 30.3 Å². The number of benzene rings is 1. The standard InChI is InChI=1S/C29H41N5O/c1-20-8-6-12-23-14-15-25(32-26(20)23)31-24-13-7-11-22(18-24)19-29(27(35)34(2)28(30)33-29)17-16-21-9-4-3-5-10-21/h6,8,12,14-15,21-22,24H,3-5,7,9-11,13,16-19H2,1-2H3,(H2,30,33)(H,31,32)/t22-,24+,29-/m0/s1. The van der Waals surface area contributed by atoms with Crippen molar-refractivity contribution in [1.82, 2.24) is 15.2 Å². The molecule has 2 saturated carbocycles. The van der Waals surface area contributed by atoms with E-state index in [0.29, 0.717) is 12.0 Å². The third-order valence-electron chi connectivity index (χ3n) is 8.81. The lowest BCUT2D eigenvalue weighted by atomic mass is 9.74. The van der Waals surface area contributed by atoms with Crippen molar-refractivity contribution in [3.63, 3.8) is 0 Å². The van der Waals surface area contributed by atoms with Gasteiger partial charge < -0.3 is 10.6 Å². The molecule has 1 aliphatic heterocycles. The van der Waals surface area contributed by atoms with Gasteiger partial charge in [0.05, 0.1) is 5.52 Å². The molecule has 0 unspecified atom stereocenters. The predicted molar refractivity (Wildman–Crippen MR) is 143 cm³/mol. The number of hydrogen-bond acceptors (Lipinski definition) is 4. The first kappa shape index (κ1) is 24.1. The van der Waals surface area contributed by atoms with E-state index in [4.69, 9.17) is 10.4 Å². The van der Waals surface area contributed by atoms with Gasteiger partial charge in [0.1, 0.15) is 11.4 Å². The molecule has 3 atom stereocenters. The second-order valence-electron chi connectivity index (χ2n) is 11.4. The zero-order valence-electron chi connectivity index (χ0n) is 21.4. The molecule has 5 rings (SSSR count). The lowest BCUT2D eigenvalue weighted by Crippen LogP contribution is -2.49. The Morgan fingerprint density at radius 1 is 1.09 bits per heavy atom. The molecular formula is C29H41N5O. The summed E-state index contributed by atoms with van der Waals surface area (Å²) in [6.45, 7) is 2.11. The summed E-state index contributed by atoms with van der Waals surface area (Å²) in [5.74, 6) is 2.50. The summed E-state index contributed by atoms with van der Waals surface area (Å²) < 4.78 is 0. The monoisotopic (exact) mass is 475 g/mol. The van der Waals surface area contributed by atoms with Gasteiger partial charge >= 0.3 is 0 Å². The molecule has 3 N–H and O–H groups in total. The lowest BCUT2D eigenvalue weighted by molar-refractivity contribution is -0.131. The Hall–Kier alpha value is -2.63. The topological polar surface area (TPSA) is 81.1 Å². The molecule has 0 radical (unpaired) electrons. The van der Waals surface area contributed by atoms with Gasteiger partial charge in [0.15, 0.2) is 5.96 Å². The number of carbonyl (C=O) groups is 1. The molecule has 3 aliphatic rings. The van der Waals surface area contributed by atoms with E-state index in [0.717, 1.165) is 62.2 Å². The molecule has 2 heterocycles. The smallest absolute Gasteiger partial charge is 0.254 e. The van der Waals surface area contributed by atoms with Gasteiger partial charge in [-0.2, -0.15) is 0 Å². The molecule has 2 aromatic rings. The fourth-order valence-electron chi connectivity index (χ4n) is 6.81. The van der Waals surface area contributed by atoms with Crippen LogP contribution in [0.3, 0.4) is 0 Å². The molecule has 0 spiro atoms. The molecule has 1 amide bonds. The summed E-state index contributed by atoms with van der Waals surface area (Å²) in [5, 5.41) is 16.6. The summed E-state index contributed by atoms with van der Waals surface area (Å²) in [6.07, 6.45) is 13.9. The number of nitrogens with zero attached hydrogens (tertiary/aromatic N) is 2. The van der Waals surface area contributed by atoms with Crippen molar-refractivity contribution in [2.45, 2.75) is 95.6 Å². The summed E-state index contributed by atoms with van der Waals surface area (Å²) in [7, 11) is 1.75. The minimum atomic E-state index is -0.603. The Labute approximate surface area is 209 Å². The van der Waals surface area contributed by atoms with Crippen LogP contribution in [0.25, 0.3) is 10.9 Å². The first-order chi connectivity index (χ1) is 16.9. The van der Waals surface area contributed by atoms with Gasteiger partial charge in [0.2, 0.25) is 0 Å². The second kappa shape index (κ2) is 10.2. The number of carbonyl (C=O) groups excluding carboxylic acids is 1. The van der Waals surface area contributed by atoms with E-state index < -0.39 is 5.54 Å². The van der Waals surface area contributed by atoms with Crippen molar-refractivity contribution in [1.29, 1.82) is 5.41 Å². The molecule has 6 nitrogen and oxygen atoms in total. The van der Waals surface area contributed by atoms with Crippen LogP contribution in [0.1, 0.15) is 82.6 Å². The highest BCUT2D eigenvalue weighted by atomic mass is 16.2. The Morgan fingerprint density at radius 2 is 1.89 bits per heavy atom. The highest BCUT2D eigenvalue weighted by Crippen LogP contribution is 2.39. The van der Waals surface area contributed by atoms with Crippen molar-refractivity contribution >= 4 is 28.6 Å². The van der Waals surface area contributed by atoms with Crippen molar-refractivity contribution in [2.75, 3.05) is 12.4 Å². The van der Waals surface area contributed by atoms with Gasteiger partial charge in [-0.15, -0.1) is 0 Å². The molecule has 35 heavy (non-hydrogen) atoms. The van der Waals surface area contributed by atoms with Gasteiger partial charge in [-0.25, -0.2) is 4.98 Å². The van der Waals surface area contributed by atoms with Crippen LogP contribution < -0.4 is 10.6 Å². The number of aryl methyl sites for hydroxylation is 1. The van der Waals surface area contributed by atoms with E-state index in [9.17, 15) is 4.79 Å². The zero-order chi connectivity index (χ0) is 24.4. The Kier molecular flexibility index (Phi) is 6.99. The fourth-order valence-corrected chi connectivity index (χ4v) is 6.81. The Morgan fingerprint density at radius 3 is 2.66 bits per heavy atom. The average molecular weight is 476 g/mol. The second-order valence-corrected chi connectivity index (χ2v) is 11.4. The number of likely N-dealkylation sites (N-methyl/N-ethyl adjacent to an activating group) is 1. The predicted octanol–water partition coefficient (Wildman–Crippen LogP) is 6.00. The van der Waals surface area contributed by atoms with E-state index in [2.05, 4.69) is 47.9 Å². The van der Waals surface area contributed by atoms with E-state index in [1.807, 2.05) is 0 Å². The molecule has 0 bridgehead atoms. The van der Waals surface area contributed by atoms with E-state index in [1.54, 1.807) is 7.05 Å². The summed E-state index contributed by atoms with van der Waals surface area (Å²) >= 11 is 0. The highest BCUT2D eigenvalue weighted by Gasteiger charge is 2.49. The van der Waals surface area contributed by atoms with Crippen LogP contribution in [0, 0.1) is 24.2 Å². The number of nitrogens with one attached hydrogen (secondary N) is 3. The first-order valence-corrected chi connectivity index (χ1v) is 13.7. The maximum Gasteiger partial charge on any atom is 0.254 e. The molecular weight excluding hydrogens is 434 g/mol.